The zero-order chi connectivity index (χ0) is 26.1. The zero-order valence-corrected chi connectivity index (χ0v) is 21.1. The van der Waals surface area contributed by atoms with Crippen molar-refractivity contribution in [1.82, 2.24) is 9.78 Å². The number of ketones is 1. The quantitative estimate of drug-likeness (QED) is 0.339. The van der Waals surface area contributed by atoms with Crippen molar-refractivity contribution in [2.45, 2.75) is 12.8 Å². The normalized spacial score (nSPS) is 15.4. The van der Waals surface area contributed by atoms with E-state index in [-0.39, 0.29) is 22.9 Å². The van der Waals surface area contributed by atoms with Crippen molar-refractivity contribution in [2.24, 2.45) is 10.8 Å². The molecular weight excluding hydrogens is 507 g/mol. The number of carbonyl (C=O) groups excluding carboxylic acids is 1. The van der Waals surface area contributed by atoms with Crippen LogP contribution >= 0.6 is 23.2 Å². The molecule has 0 saturated carbocycles. The summed E-state index contributed by atoms with van der Waals surface area (Å²) < 4.78 is 1.72. The molecule has 1 aliphatic rings. The Balaban J connectivity index is 1.73. The number of benzene rings is 3. The van der Waals surface area contributed by atoms with E-state index >= 15 is 0 Å². The second-order valence-corrected chi connectivity index (χ2v) is 9.27. The van der Waals surface area contributed by atoms with Crippen LogP contribution in [0.1, 0.15) is 18.4 Å². The molecule has 37 heavy (non-hydrogen) atoms. The first kappa shape index (κ1) is 24.3. The Kier molecular flexibility index (Phi) is 6.53. The number of rotatable bonds is 5. The lowest BCUT2D eigenvalue weighted by Gasteiger charge is -2.30. The molecule has 4 aromatic rings. The molecule has 2 heterocycles. The van der Waals surface area contributed by atoms with Gasteiger partial charge in [0.25, 0.3) is 0 Å². The Bertz CT molecular complexity index is 1580. The van der Waals surface area contributed by atoms with Crippen molar-refractivity contribution in [3.05, 3.63) is 112 Å². The molecule has 0 spiro atoms. The van der Waals surface area contributed by atoms with Crippen LogP contribution in [0.15, 0.2) is 102 Å². The van der Waals surface area contributed by atoms with Crippen LogP contribution in [0.5, 0.6) is 0 Å². The van der Waals surface area contributed by atoms with Gasteiger partial charge in [0.05, 0.1) is 34.6 Å². The van der Waals surface area contributed by atoms with Crippen molar-refractivity contribution < 1.29 is 4.79 Å². The van der Waals surface area contributed by atoms with E-state index in [1.165, 1.54) is 11.9 Å². The summed E-state index contributed by atoms with van der Waals surface area (Å²) in [6, 6.07) is 25.8. The van der Waals surface area contributed by atoms with Crippen LogP contribution in [0, 0.1) is 11.3 Å². The number of anilines is 1. The van der Waals surface area contributed by atoms with Crippen molar-refractivity contribution in [2.75, 3.05) is 5.01 Å². The number of Topliss-reactive ketones (excluding diaryl/α,β-unsaturated/α-hetero) is 1. The molecule has 0 saturated heterocycles. The van der Waals surface area contributed by atoms with Crippen LogP contribution in [0.2, 0.25) is 10.0 Å². The van der Waals surface area contributed by atoms with Crippen molar-refractivity contribution in [3.8, 4) is 23.0 Å². The third-order valence-corrected chi connectivity index (χ3v) is 6.52. The van der Waals surface area contributed by atoms with Gasteiger partial charge < -0.3 is 5.73 Å². The second-order valence-electron chi connectivity index (χ2n) is 8.39. The summed E-state index contributed by atoms with van der Waals surface area (Å²) in [5, 5.41) is 22.2. The van der Waals surface area contributed by atoms with Crippen molar-refractivity contribution in [3.63, 3.8) is 0 Å². The van der Waals surface area contributed by atoms with Gasteiger partial charge in [0.15, 0.2) is 5.78 Å². The number of nitrogens with two attached hydrogens (primary N) is 1. The molecule has 0 amide bonds. The Hall–Kier alpha value is -4.38. The number of aromatic nitrogens is 2. The minimum atomic E-state index is -0.825. The number of allylic oxidation sites excluding steroid dienone is 1. The SMILES string of the molecule is CC(=O)C1=NN(c2ccc(Cl)cc2)C(N)=C(C#N)C1c1cn(-c2ccccc2)nc1-c1ccc(Cl)cc1. The first-order valence-electron chi connectivity index (χ1n) is 11.3. The molecule has 1 unspecified atom stereocenters. The van der Waals surface area contributed by atoms with Gasteiger partial charge in [0.1, 0.15) is 11.5 Å². The fourth-order valence-electron chi connectivity index (χ4n) is 4.24. The van der Waals surface area contributed by atoms with Crippen molar-refractivity contribution in [1.29, 1.82) is 5.26 Å². The molecule has 182 valence electrons. The standard InChI is InChI=1S/C28H20Cl2N6O/c1-17(37)26-25(23(15-31)28(32)36(34-26)22-13-11-20(30)12-14-22)24-16-35(21-5-3-2-4-6-21)33-27(24)18-7-9-19(29)10-8-18/h2-14,16,25H,32H2,1H3. The van der Waals surface area contributed by atoms with Crippen LogP contribution in [-0.4, -0.2) is 21.3 Å². The van der Waals surface area contributed by atoms with Gasteiger partial charge in [-0.15, -0.1) is 0 Å². The maximum Gasteiger partial charge on any atom is 0.176 e. The molecule has 0 aliphatic carbocycles. The van der Waals surface area contributed by atoms with Gasteiger partial charge in [0.2, 0.25) is 0 Å². The molecule has 1 aromatic heterocycles. The fraction of sp³-hybridized carbons (Fsp3) is 0.0714. The molecule has 5 rings (SSSR count). The minimum Gasteiger partial charge on any atom is -0.383 e. The fourth-order valence-corrected chi connectivity index (χ4v) is 4.49. The van der Waals surface area contributed by atoms with Gasteiger partial charge in [-0.3, -0.25) is 4.79 Å². The molecule has 1 atom stereocenters. The number of nitriles is 1. The van der Waals surface area contributed by atoms with E-state index < -0.39 is 5.92 Å². The summed E-state index contributed by atoms with van der Waals surface area (Å²) in [7, 11) is 0. The van der Waals surface area contributed by atoms with Crippen LogP contribution in [0.3, 0.4) is 0 Å². The van der Waals surface area contributed by atoms with Crippen LogP contribution in [0.25, 0.3) is 16.9 Å². The predicted octanol–water partition coefficient (Wildman–Crippen LogP) is 6.09. The summed E-state index contributed by atoms with van der Waals surface area (Å²) in [5.74, 6) is -0.998. The highest BCUT2D eigenvalue weighted by molar-refractivity contribution is 6.42. The third-order valence-electron chi connectivity index (χ3n) is 6.02. The van der Waals surface area contributed by atoms with Gasteiger partial charge >= 0.3 is 0 Å². The zero-order valence-electron chi connectivity index (χ0n) is 19.6. The minimum absolute atomic E-state index is 0.120. The summed E-state index contributed by atoms with van der Waals surface area (Å²) in [6.45, 7) is 1.42. The van der Waals surface area contributed by atoms with Crippen LogP contribution in [-0.2, 0) is 4.79 Å². The van der Waals surface area contributed by atoms with Crippen LogP contribution < -0.4 is 10.7 Å². The lowest BCUT2D eigenvalue weighted by Crippen LogP contribution is -2.36. The summed E-state index contributed by atoms with van der Waals surface area (Å²) in [6.07, 6.45) is 1.81. The highest BCUT2D eigenvalue weighted by atomic mass is 35.5. The largest absolute Gasteiger partial charge is 0.383 e. The molecule has 7 nitrogen and oxygen atoms in total. The van der Waals surface area contributed by atoms with Gasteiger partial charge in [0, 0.05) is 34.3 Å². The number of carbonyl (C=O) groups is 1. The Morgan fingerprint density at radius 3 is 2.16 bits per heavy atom. The lowest BCUT2D eigenvalue weighted by molar-refractivity contribution is -0.111. The molecule has 2 N–H and O–H groups in total. The molecular formula is C28H20Cl2N6O. The van der Waals surface area contributed by atoms with E-state index in [1.807, 2.05) is 48.7 Å². The summed E-state index contributed by atoms with van der Waals surface area (Å²) in [5.41, 5.74) is 10.2. The molecule has 0 fully saturated rings. The highest BCUT2D eigenvalue weighted by Crippen LogP contribution is 2.39. The third kappa shape index (κ3) is 4.60. The van der Waals surface area contributed by atoms with Gasteiger partial charge in [-0.05, 0) is 48.5 Å². The van der Waals surface area contributed by atoms with E-state index in [0.717, 1.165) is 11.3 Å². The summed E-state index contributed by atoms with van der Waals surface area (Å²) >= 11 is 12.2. The van der Waals surface area contributed by atoms with Crippen LogP contribution in [0.4, 0.5) is 5.69 Å². The van der Waals surface area contributed by atoms with Gasteiger partial charge in [-0.2, -0.15) is 15.5 Å². The van der Waals surface area contributed by atoms with E-state index in [0.29, 0.717) is 27.0 Å². The maximum atomic E-state index is 13.0. The van der Waals surface area contributed by atoms with E-state index in [9.17, 15) is 10.1 Å². The Morgan fingerprint density at radius 1 is 0.946 bits per heavy atom. The topological polar surface area (TPSA) is 100 Å². The number of hydrazone groups is 1. The lowest BCUT2D eigenvalue weighted by atomic mass is 9.83. The molecule has 1 aliphatic heterocycles. The number of nitrogens with zero attached hydrogens (tertiary/aromatic N) is 5. The monoisotopic (exact) mass is 526 g/mol. The number of para-hydroxylation sites is 1. The van der Waals surface area contributed by atoms with E-state index in [2.05, 4.69) is 11.2 Å². The van der Waals surface area contributed by atoms with E-state index in [1.54, 1.807) is 41.1 Å². The highest BCUT2D eigenvalue weighted by Gasteiger charge is 2.37. The van der Waals surface area contributed by atoms with Gasteiger partial charge in [-0.25, -0.2) is 9.69 Å². The second kappa shape index (κ2) is 9.94. The molecule has 9 heteroatoms. The molecule has 3 aromatic carbocycles. The predicted molar refractivity (Wildman–Crippen MR) is 146 cm³/mol. The smallest absolute Gasteiger partial charge is 0.176 e. The first-order chi connectivity index (χ1) is 17.9. The summed E-state index contributed by atoms with van der Waals surface area (Å²) in [4.78, 5) is 13.0. The number of hydrogen-bond acceptors (Lipinski definition) is 6. The number of halogens is 2. The average molecular weight is 527 g/mol. The molecule has 0 bridgehead atoms. The first-order valence-corrected chi connectivity index (χ1v) is 12.1. The number of hydrogen-bond donors (Lipinski definition) is 1. The van der Waals surface area contributed by atoms with Crippen molar-refractivity contribution >= 4 is 40.4 Å². The molecule has 0 radical (unpaired) electrons. The Labute approximate surface area is 223 Å². The van der Waals surface area contributed by atoms with Gasteiger partial charge in [-0.1, -0.05) is 53.5 Å². The maximum absolute atomic E-state index is 13.0. The average Bonchev–Trinajstić information content (AvgIpc) is 3.35. The van der Waals surface area contributed by atoms with E-state index in [4.69, 9.17) is 34.0 Å². The Morgan fingerprint density at radius 2 is 1.57 bits per heavy atom.